The molecule has 4 aromatic rings. The first-order valence-corrected chi connectivity index (χ1v) is 10.4. The van der Waals surface area contributed by atoms with Crippen LogP contribution in [0.5, 0.6) is 5.88 Å². The summed E-state index contributed by atoms with van der Waals surface area (Å²) in [5.41, 5.74) is 1.75. The van der Waals surface area contributed by atoms with Gasteiger partial charge in [0.1, 0.15) is 11.9 Å². The number of anilines is 2. The van der Waals surface area contributed by atoms with Crippen molar-refractivity contribution in [1.82, 2.24) is 29.5 Å². The highest BCUT2D eigenvalue weighted by molar-refractivity contribution is 5.76. The van der Waals surface area contributed by atoms with Crippen molar-refractivity contribution in [1.29, 1.82) is 5.26 Å². The van der Waals surface area contributed by atoms with E-state index in [0.717, 1.165) is 24.9 Å². The summed E-state index contributed by atoms with van der Waals surface area (Å²) in [6.45, 7) is 1.38. The van der Waals surface area contributed by atoms with Gasteiger partial charge in [0, 0.05) is 25.3 Å². The van der Waals surface area contributed by atoms with Crippen LogP contribution in [0, 0.1) is 17.1 Å². The number of piperidine rings is 1. The van der Waals surface area contributed by atoms with E-state index in [-0.39, 0.29) is 23.4 Å². The number of methoxy groups -OCH3 is 1. The molecule has 4 aromatic heterocycles. The van der Waals surface area contributed by atoms with E-state index in [1.54, 1.807) is 16.9 Å². The first kappa shape index (κ1) is 20.6. The predicted octanol–water partition coefficient (Wildman–Crippen LogP) is 2.68. The molecule has 1 atom stereocenters. The third-order valence-corrected chi connectivity index (χ3v) is 5.52. The van der Waals surface area contributed by atoms with Crippen LogP contribution in [-0.4, -0.2) is 55.8 Å². The van der Waals surface area contributed by atoms with Crippen LogP contribution in [0.2, 0.25) is 0 Å². The Morgan fingerprint density at radius 1 is 1.21 bits per heavy atom. The van der Waals surface area contributed by atoms with Crippen LogP contribution >= 0.6 is 0 Å². The molecule has 1 saturated heterocycles. The van der Waals surface area contributed by atoms with E-state index in [0.29, 0.717) is 23.8 Å². The monoisotopic (exact) mass is 445 g/mol. The normalized spacial score (nSPS) is 15.9. The summed E-state index contributed by atoms with van der Waals surface area (Å²) >= 11 is 0. The molecule has 33 heavy (non-hydrogen) atoms. The number of ether oxygens (including phenoxy) is 1. The third-order valence-electron chi connectivity index (χ3n) is 5.52. The quantitative estimate of drug-likeness (QED) is 0.495. The average Bonchev–Trinajstić information content (AvgIpc) is 3.30. The molecule has 5 heterocycles. The third kappa shape index (κ3) is 3.98. The van der Waals surface area contributed by atoms with Crippen molar-refractivity contribution < 1.29 is 9.13 Å². The van der Waals surface area contributed by atoms with Gasteiger partial charge in [0.25, 0.3) is 5.88 Å². The van der Waals surface area contributed by atoms with Crippen molar-refractivity contribution in [3.63, 3.8) is 0 Å². The largest absolute Gasteiger partial charge is 0.479 e. The van der Waals surface area contributed by atoms with Crippen molar-refractivity contribution in [2.75, 3.05) is 30.4 Å². The maximum Gasteiger partial charge on any atom is 0.256 e. The highest BCUT2D eigenvalue weighted by Gasteiger charge is 2.25. The van der Waals surface area contributed by atoms with Crippen LogP contribution in [0.1, 0.15) is 18.5 Å². The lowest BCUT2D eigenvalue weighted by atomic mass is 10.1. The molecule has 11 heteroatoms. The summed E-state index contributed by atoms with van der Waals surface area (Å²) in [5, 5.41) is 16.5. The molecule has 0 bridgehead atoms. The Bertz CT molecular complexity index is 1330. The fourth-order valence-corrected chi connectivity index (χ4v) is 3.92. The minimum Gasteiger partial charge on any atom is -0.479 e. The maximum absolute atomic E-state index is 15.1. The summed E-state index contributed by atoms with van der Waals surface area (Å²) in [6.07, 6.45) is 8.21. The molecule has 0 spiro atoms. The molecule has 1 fully saturated rings. The van der Waals surface area contributed by atoms with Gasteiger partial charge in [-0.25, -0.2) is 19.5 Å². The summed E-state index contributed by atoms with van der Waals surface area (Å²) in [4.78, 5) is 19.2. The summed E-state index contributed by atoms with van der Waals surface area (Å²) in [7, 11) is 1.38. The second-order valence-corrected chi connectivity index (χ2v) is 7.61. The van der Waals surface area contributed by atoms with Crippen LogP contribution in [-0.2, 0) is 0 Å². The Morgan fingerprint density at radius 3 is 2.91 bits per heavy atom. The SMILES string of the molecule is COc1nc(-c2cnn3ccccc23)nc(N[C@@H]2CCCN(c3cnc(C#N)cn3)C2)c1F. The Labute approximate surface area is 188 Å². The number of hydrogen-bond acceptors (Lipinski definition) is 9. The Kier molecular flexibility index (Phi) is 5.40. The number of halogens is 1. The highest BCUT2D eigenvalue weighted by atomic mass is 19.1. The lowest BCUT2D eigenvalue weighted by Crippen LogP contribution is -2.43. The van der Waals surface area contributed by atoms with Gasteiger partial charge in [-0.2, -0.15) is 19.7 Å². The van der Waals surface area contributed by atoms with Gasteiger partial charge in [-0.3, -0.25) is 0 Å². The number of fused-ring (bicyclic) bond motifs is 1. The standard InChI is InChI=1S/C22H20FN9O/c1-33-22-19(23)21(29-20(30-22)16-11-27-32-8-3-2-6-17(16)32)28-14-5-4-7-31(13-14)18-12-25-15(9-24)10-26-18/h2-3,6,8,10-12,14H,4-5,7,13H2,1H3,(H,28,29,30)/t14-/m1/s1. The lowest BCUT2D eigenvalue weighted by molar-refractivity contribution is 0.368. The number of aromatic nitrogens is 6. The van der Waals surface area contributed by atoms with E-state index < -0.39 is 5.82 Å². The molecule has 0 unspecified atom stereocenters. The topological polar surface area (TPSA) is 117 Å². The Balaban J connectivity index is 1.42. The van der Waals surface area contributed by atoms with Gasteiger partial charge < -0.3 is 15.0 Å². The number of nitrogens with zero attached hydrogens (tertiary/aromatic N) is 8. The zero-order chi connectivity index (χ0) is 22.8. The van der Waals surface area contributed by atoms with Gasteiger partial charge in [-0.05, 0) is 25.0 Å². The molecule has 1 N–H and O–H groups in total. The van der Waals surface area contributed by atoms with Crippen LogP contribution in [0.4, 0.5) is 16.0 Å². The molecule has 5 rings (SSSR count). The number of hydrogen-bond donors (Lipinski definition) is 1. The second-order valence-electron chi connectivity index (χ2n) is 7.61. The van der Waals surface area contributed by atoms with Crippen molar-refractivity contribution in [3.05, 3.63) is 54.5 Å². The number of nitrogens with one attached hydrogen (secondary N) is 1. The molecule has 0 amide bonds. The molecule has 166 valence electrons. The second kappa shape index (κ2) is 8.66. The van der Waals surface area contributed by atoms with Crippen molar-refractivity contribution in [2.24, 2.45) is 0 Å². The first-order chi connectivity index (χ1) is 16.2. The molecular formula is C22H20FN9O. The first-order valence-electron chi connectivity index (χ1n) is 10.4. The van der Waals surface area contributed by atoms with Gasteiger partial charge in [-0.1, -0.05) is 6.07 Å². The lowest BCUT2D eigenvalue weighted by Gasteiger charge is -2.34. The van der Waals surface area contributed by atoms with E-state index >= 15 is 4.39 Å². The summed E-state index contributed by atoms with van der Waals surface area (Å²) < 4.78 is 22.0. The maximum atomic E-state index is 15.1. The number of rotatable bonds is 5. The molecule has 0 saturated carbocycles. The van der Waals surface area contributed by atoms with E-state index in [4.69, 9.17) is 10.00 Å². The molecule has 0 aromatic carbocycles. The van der Waals surface area contributed by atoms with Crippen LogP contribution in [0.3, 0.4) is 0 Å². The van der Waals surface area contributed by atoms with Crippen molar-refractivity contribution >= 4 is 17.2 Å². The zero-order valence-electron chi connectivity index (χ0n) is 17.8. The van der Waals surface area contributed by atoms with Crippen molar-refractivity contribution in [2.45, 2.75) is 18.9 Å². The Morgan fingerprint density at radius 2 is 2.12 bits per heavy atom. The predicted molar refractivity (Wildman–Crippen MR) is 118 cm³/mol. The summed E-state index contributed by atoms with van der Waals surface area (Å²) in [6, 6.07) is 7.54. The van der Waals surface area contributed by atoms with E-state index in [1.807, 2.05) is 30.5 Å². The molecule has 0 radical (unpaired) electrons. The van der Waals surface area contributed by atoms with Crippen LogP contribution in [0.15, 0.2) is 43.0 Å². The van der Waals surface area contributed by atoms with E-state index in [1.165, 1.54) is 13.3 Å². The smallest absolute Gasteiger partial charge is 0.256 e. The van der Waals surface area contributed by atoms with E-state index in [9.17, 15) is 0 Å². The molecular weight excluding hydrogens is 425 g/mol. The number of nitriles is 1. The van der Waals surface area contributed by atoms with Gasteiger partial charge >= 0.3 is 0 Å². The molecule has 1 aliphatic heterocycles. The zero-order valence-corrected chi connectivity index (χ0v) is 17.8. The molecule has 0 aliphatic carbocycles. The van der Waals surface area contributed by atoms with Crippen LogP contribution in [0.25, 0.3) is 16.9 Å². The van der Waals surface area contributed by atoms with E-state index in [2.05, 4.69) is 35.3 Å². The van der Waals surface area contributed by atoms with Gasteiger partial charge in [0.2, 0.25) is 5.82 Å². The van der Waals surface area contributed by atoms with Crippen molar-refractivity contribution in [3.8, 4) is 23.3 Å². The molecule has 1 aliphatic rings. The van der Waals surface area contributed by atoms with Gasteiger partial charge in [0.05, 0.1) is 36.8 Å². The molecule has 10 nitrogen and oxygen atoms in total. The fourth-order valence-electron chi connectivity index (χ4n) is 3.92. The van der Waals surface area contributed by atoms with Gasteiger partial charge in [-0.15, -0.1) is 0 Å². The fraction of sp³-hybridized carbons (Fsp3) is 0.273. The van der Waals surface area contributed by atoms with Crippen LogP contribution < -0.4 is 15.0 Å². The highest BCUT2D eigenvalue weighted by Crippen LogP contribution is 2.29. The summed E-state index contributed by atoms with van der Waals surface area (Å²) in [5.74, 6) is 0.289. The number of pyridine rings is 1. The minimum atomic E-state index is -0.645. The van der Waals surface area contributed by atoms with Gasteiger partial charge in [0.15, 0.2) is 17.3 Å². The minimum absolute atomic E-state index is 0.0740. The Hall–Kier alpha value is -4.33. The average molecular weight is 445 g/mol.